The van der Waals surface area contributed by atoms with Crippen molar-refractivity contribution in [1.82, 2.24) is 24.6 Å². The predicted molar refractivity (Wildman–Crippen MR) is 75.5 cm³/mol. The summed E-state index contributed by atoms with van der Waals surface area (Å²) in [5.41, 5.74) is 0.768. The van der Waals surface area contributed by atoms with E-state index in [1.165, 1.54) is 6.33 Å². The molecule has 7 nitrogen and oxygen atoms in total. The van der Waals surface area contributed by atoms with Crippen LogP contribution in [0.5, 0.6) is 0 Å². The highest BCUT2D eigenvalue weighted by atomic mass is 16.5. The Morgan fingerprint density at radius 2 is 2.19 bits per heavy atom. The molecule has 0 amide bonds. The predicted octanol–water partition coefficient (Wildman–Crippen LogP) is 0.847. The van der Waals surface area contributed by atoms with Gasteiger partial charge in [0.25, 0.3) is 5.56 Å². The second kappa shape index (κ2) is 6.17. The summed E-state index contributed by atoms with van der Waals surface area (Å²) in [6, 6.07) is 0. The van der Waals surface area contributed by atoms with Crippen LogP contribution in [0.15, 0.2) is 28.2 Å². The van der Waals surface area contributed by atoms with Gasteiger partial charge in [-0.2, -0.15) is 4.98 Å². The lowest BCUT2D eigenvalue weighted by Gasteiger charge is -2.31. The Balaban J connectivity index is 1.54. The van der Waals surface area contributed by atoms with Crippen LogP contribution in [0.3, 0.4) is 0 Å². The van der Waals surface area contributed by atoms with E-state index in [0.29, 0.717) is 23.9 Å². The van der Waals surface area contributed by atoms with E-state index in [1.54, 1.807) is 24.0 Å². The van der Waals surface area contributed by atoms with Gasteiger partial charge in [0.05, 0.1) is 12.9 Å². The zero-order valence-corrected chi connectivity index (χ0v) is 12.1. The molecule has 0 bridgehead atoms. The van der Waals surface area contributed by atoms with Gasteiger partial charge in [0, 0.05) is 18.3 Å². The average Bonchev–Trinajstić information content (AvgIpc) is 2.99. The van der Waals surface area contributed by atoms with Gasteiger partial charge in [0.15, 0.2) is 6.33 Å². The number of hydrogen-bond acceptors (Lipinski definition) is 6. The summed E-state index contributed by atoms with van der Waals surface area (Å²) in [5, 5.41) is 3.62. The summed E-state index contributed by atoms with van der Waals surface area (Å²) in [4.78, 5) is 22.5. The Labute approximate surface area is 122 Å². The summed E-state index contributed by atoms with van der Waals surface area (Å²) >= 11 is 0. The van der Waals surface area contributed by atoms with Crippen molar-refractivity contribution < 1.29 is 4.52 Å². The Kier molecular flexibility index (Phi) is 4.10. The third kappa shape index (κ3) is 3.36. The van der Waals surface area contributed by atoms with Crippen LogP contribution in [0.25, 0.3) is 0 Å². The number of likely N-dealkylation sites (tertiary alicyclic amines) is 1. The topological polar surface area (TPSA) is 77.1 Å². The van der Waals surface area contributed by atoms with Crippen LogP contribution in [-0.2, 0) is 13.1 Å². The van der Waals surface area contributed by atoms with Gasteiger partial charge in [0.1, 0.15) is 0 Å². The molecule has 0 radical (unpaired) electrons. The lowest BCUT2D eigenvalue weighted by atomic mass is 9.96. The Morgan fingerprint density at radius 1 is 1.38 bits per heavy atom. The van der Waals surface area contributed by atoms with Crippen molar-refractivity contribution in [2.24, 2.45) is 5.92 Å². The van der Waals surface area contributed by atoms with Gasteiger partial charge in [-0.05, 0) is 38.8 Å². The summed E-state index contributed by atoms with van der Waals surface area (Å²) in [6.07, 6.45) is 6.81. The quantitative estimate of drug-likeness (QED) is 0.830. The molecule has 2 aromatic rings. The maximum absolute atomic E-state index is 12.0. The van der Waals surface area contributed by atoms with Gasteiger partial charge in [-0.1, -0.05) is 5.16 Å². The van der Waals surface area contributed by atoms with E-state index in [-0.39, 0.29) is 5.56 Å². The fraction of sp³-hybridized carbons (Fsp3) is 0.571. The fourth-order valence-corrected chi connectivity index (χ4v) is 2.75. The molecule has 1 aliphatic rings. The number of aryl methyl sites for hydroxylation is 1. The zero-order chi connectivity index (χ0) is 14.7. The third-order valence-corrected chi connectivity index (χ3v) is 4.00. The zero-order valence-electron chi connectivity index (χ0n) is 12.1. The molecule has 21 heavy (non-hydrogen) atoms. The van der Waals surface area contributed by atoms with Gasteiger partial charge in [-0.15, -0.1) is 0 Å². The number of rotatable bonds is 4. The van der Waals surface area contributed by atoms with Gasteiger partial charge in [-0.25, -0.2) is 4.98 Å². The molecule has 0 aliphatic carbocycles. The van der Waals surface area contributed by atoms with E-state index in [0.717, 1.165) is 32.5 Å². The van der Waals surface area contributed by atoms with E-state index < -0.39 is 0 Å². The van der Waals surface area contributed by atoms with E-state index in [4.69, 9.17) is 4.52 Å². The lowest BCUT2D eigenvalue weighted by Crippen LogP contribution is -2.36. The second-order valence-electron chi connectivity index (χ2n) is 5.59. The van der Waals surface area contributed by atoms with Gasteiger partial charge < -0.3 is 4.52 Å². The monoisotopic (exact) mass is 289 g/mol. The normalized spacial score (nSPS) is 17.2. The highest BCUT2D eigenvalue weighted by molar-refractivity contribution is 5.00. The molecule has 0 saturated carbocycles. The molecule has 112 valence electrons. The number of aromatic nitrogens is 4. The number of nitrogens with zero attached hydrogens (tertiary/aromatic N) is 5. The van der Waals surface area contributed by atoms with Gasteiger partial charge >= 0.3 is 0 Å². The van der Waals surface area contributed by atoms with Crippen molar-refractivity contribution in [1.29, 1.82) is 0 Å². The Hall–Kier alpha value is -2.02. The molecule has 0 unspecified atom stereocenters. The summed E-state index contributed by atoms with van der Waals surface area (Å²) in [5.74, 6) is 1.18. The van der Waals surface area contributed by atoms with E-state index in [2.05, 4.69) is 20.0 Å². The minimum Gasteiger partial charge on any atom is -0.338 e. The molecule has 7 heteroatoms. The standard InChI is InChI=1S/C14H19N5O2/c1-11-6-15-10-19(14(11)20)7-12-2-4-18(5-3-12)8-13-16-9-17-21-13/h6,9-10,12H,2-5,7-8H2,1H3. The third-order valence-electron chi connectivity index (χ3n) is 4.00. The molecule has 0 spiro atoms. The van der Waals surface area contributed by atoms with E-state index in [1.807, 2.05) is 0 Å². The molecule has 3 heterocycles. The summed E-state index contributed by atoms with van der Waals surface area (Å²) < 4.78 is 6.76. The SMILES string of the molecule is Cc1cncn(CC2CCN(Cc3ncno3)CC2)c1=O. The van der Waals surface area contributed by atoms with E-state index >= 15 is 0 Å². The molecule has 2 aromatic heterocycles. The van der Waals surface area contributed by atoms with E-state index in [9.17, 15) is 4.79 Å². The lowest BCUT2D eigenvalue weighted by molar-refractivity contribution is 0.150. The van der Waals surface area contributed by atoms with Crippen molar-refractivity contribution in [3.63, 3.8) is 0 Å². The minimum absolute atomic E-state index is 0.0679. The molecule has 1 saturated heterocycles. The van der Waals surface area contributed by atoms with Crippen LogP contribution in [0.2, 0.25) is 0 Å². The molecule has 0 atom stereocenters. The highest BCUT2D eigenvalue weighted by Gasteiger charge is 2.21. The Bertz CT molecular complexity index is 629. The molecule has 0 N–H and O–H groups in total. The Morgan fingerprint density at radius 3 is 2.90 bits per heavy atom. The molecule has 0 aromatic carbocycles. The molecule has 1 fully saturated rings. The van der Waals surface area contributed by atoms with Crippen molar-refractivity contribution in [3.8, 4) is 0 Å². The maximum atomic E-state index is 12.0. The van der Waals surface area contributed by atoms with Crippen LogP contribution in [-0.4, -0.2) is 37.7 Å². The first-order valence-corrected chi connectivity index (χ1v) is 7.21. The van der Waals surface area contributed by atoms with Crippen LogP contribution < -0.4 is 5.56 Å². The smallest absolute Gasteiger partial charge is 0.256 e. The maximum Gasteiger partial charge on any atom is 0.256 e. The van der Waals surface area contributed by atoms with Crippen molar-refractivity contribution in [2.45, 2.75) is 32.9 Å². The average molecular weight is 289 g/mol. The number of hydrogen-bond donors (Lipinski definition) is 0. The van der Waals surface area contributed by atoms with Crippen molar-refractivity contribution in [3.05, 3.63) is 40.7 Å². The largest absolute Gasteiger partial charge is 0.338 e. The minimum atomic E-state index is 0.0679. The van der Waals surface area contributed by atoms with Crippen LogP contribution in [0.1, 0.15) is 24.3 Å². The molecular formula is C14H19N5O2. The first-order valence-electron chi connectivity index (χ1n) is 7.21. The fourth-order valence-electron chi connectivity index (χ4n) is 2.75. The van der Waals surface area contributed by atoms with Crippen LogP contribution >= 0.6 is 0 Å². The first kappa shape index (κ1) is 13.9. The van der Waals surface area contributed by atoms with Gasteiger partial charge in [0.2, 0.25) is 5.89 Å². The second-order valence-corrected chi connectivity index (χ2v) is 5.59. The molecular weight excluding hydrogens is 270 g/mol. The summed E-state index contributed by atoms with van der Waals surface area (Å²) in [7, 11) is 0. The highest BCUT2D eigenvalue weighted by Crippen LogP contribution is 2.19. The number of piperidine rings is 1. The van der Waals surface area contributed by atoms with Crippen LogP contribution in [0, 0.1) is 12.8 Å². The van der Waals surface area contributed by atoms with Crippen molar-refractivity contribution >= 4 is 0 Å². The van der Waals surface area contributed by atoms with Crippen LogP contribution in [0.4, 0.5) is 0 Å². The first-order chi connectivity index (χ1) is 10.2. The van der Waals surface area contributed by atoms with Gasteiger partial charge in [-0.3, -0.25) is 14.3 Å². The van der Waals surface area contributed by atoms with Crippen molar-refractivity contribution in [2.75, 3.05) is 13.1 Å². The molecule has 3 rings (SSSR count). The molecule has 1 aliphatic heterocycles. The summed E-state index contributed by atoms with van der Waals surface area (Å²) in [6.45, 7) is 5.24.